The second kappa shape index (κ2) is 6.78. The molecule has 1 amide bonds. The molecule has 0 heterocycles. The van der Waals surface area contributed by atoms with Gasteiger partial charge in [-0.2, -0.15) is 0 Å². The Balaban J connectivity index is 2.50. The number of carbonyl (C=O) groups excluding carboxylic acids is 1. The molecule has 18 heavy (non-hydrogen) atoms. The maximum absolute atomic E-state index is 11.3. The lowest BCUT2D eigenvalue weighted by Gasteiger charge is -2.19. The maximum atomic E-state index is 11.3. The minimum atomic E-state index is -0.175. The van der Waals surface area contributed by atoms with Gasteiger partial charge in [0.15, 0.2) is 0 Å². The van der Waals surface area contributed by atoms with Crippen molar-refractivity contribution in [2.24, 2.45) is 0 Å². The summed E-state index contributed by atoms with van der Waals surface area (Å²) in [6.07, 6.45) is 0.127. The lowest BCUT2D eigenvalue weighted by molar-refractivity contribution is -0.116. The molecule has 5 heteroatoms. The van der Waals surface area contributed by atoms with E-state index in [2.05, 4.69) is 30.8 Å². The van der Waals surface area contributed by atoms with Crippen molar-refractivity contribution in [2.75, 3.05) is 11.9 Å². The Hall–Kier alpha value is -1.04. The number of rotatable bonds is 5. The van der Waals surface area contributed by atoms with E-state index in [0.29, 0.717) is 0 Å². The average molecular weight is 268 g/mol. The van der Waals surface area contributed by atoms with Gasteiger partial charge in [0, 0.05) is 16.1 Å². The minimum absolute atomic E-state index is 0.0542. The van der Waals surface area contributed by atoms with E-state index in [9.17, 15) is 4.79 Å². The molecule has 1 aromatic rings. The van der Waals surface area contributed by atoms with Crippen molar-refractivity contribution in [2.45, 2.75) is 37.6 Å². The highest BCUT2D eigenvalue weighted by molar-refractivity contribution is 7.97. The van der Waals surface area contributed by atoms with Crippen molar-refractivity contribution in [3.8, 4) is 0 Å². The number of anilines is 1. The van der Waals surface area contributed by atoms with Crippen molar-refractivity contribution in [1.82, 2.24) is 4.72 Å². The molecule has 100 valence electrons. The quantitative estimate of drug-likeness (QED) is 0.718. The summed E-state index contributed by atoms with van der Waals surface area (Å²) in [5, 5.41) is 11.3. The molecule has 3 N–H and O–H groups in total. The predicted molar refractivity (Wildman–Crippen MR) is 75.5 cm³/mol. The first-order valence-corrected chi connectivity index (χ1v) is 6.67. The van der Waals surface area contributed by atoms with Gasteiger partial charge in [-0.3, -0.25) is 9.52 Å². The Morgan fingerprint density at radius 3 is 2.39 bits per heavy atom. The van der Waals surface area contributed by atoms with Gasteiger partial charge < -0.3 is 10.4 Å². The second-order valence-corrected chi connectivity index (χ2v) is 5.88. The monoisotopic (exact) mass is 268 g/mol. The fourth-order valence-electron chi connectivity index (χ4n) is 1.14. The highest BCUT2D eigenvalue weighted by Gasteiger charge is 2.09. The van der Waals surface area contributed by atoms with Crippen LogP contribution in [0.25, 0.3) is 0 Å². The number of benzene rings is 1. The third kappa shape index (κ3) is 6.05. The van der Waals surface area contributed by atoms with Crippen LogP contribution in [0.15, 0.2) is 29.2 Å². The first-order valence-electron chi connectivity index (χ1n) is 5.85. The van der Waals surface area contributed by atoms with E-state index in [1.807, 2.05) is 24.3 Å². The van der Waals surface area contributed by atoms with Crippen molar-refractivity contribution in [1.29, 1.82) is 0 Å². The van der Waals surface area contributed by atoms with Gasteiger partial charge in [0.25, 0.3) is 0 Å². The molecule has 0 atom stereocenters. The fourth-order valence-corrected chi connectivity index (χ4v) is 1.84. The third-order valence-electron chi connectivity index (χ3n) is 1.95. The van der Waals surface area contributed by atoms with Crippen LogP contribution in [0, 0.1) is 0 Å². The van der Waals surface area contributed by atoms with Crippen LogP contribution in [-0.4, -0.2) is 23.2 Å². The third-order valence-corrected chi connectivity index (χ3v) is 3.17. The van der Waals surface area contributed by atoms with E-state index in [0.717, 1.165) is 10.6 Å². The summed E-state index contributed by atoms with van der Waals surface area (Å²) in [6.45, 7) is 6.17. The second-order valence-electron chi connectivity index (χ2n) is 5.00. The molecule has 0 saturated heterocycles. The van der Waals surface area contributed by atoms with Crippen LogP contribution in [0.2, 0.25) is 0 Å². The van der Waals surface area contributed by atoms with Crippen LogP contribution in [-0.2, 0) is 4.79 Å². The molecule has 0 bridgehead atoms. The number of amides is 1. The molecular weight excluding hydrogens is 248 g/mol. The van der Waals surface area contributed by atoms with Crippen molar-refractivity contribution in [3.63, 3.8) is 0 Å². The summed E-state index contributed by atoms with van der Waals surface area (Å²) in [5.41, 5.74) is 0.798. The summed E-state index contributed by atoms with van der Waals surface area (Å²) in [7, 11) is 0. The smallest absolute Gasteiger partial charge is 0.226 e. The fraction of sp³-hybridized carbons (Fsp3) is 0.462. The Morgan fingerprint density at radius 1 is 1.28 bits per heavy atom. The normalized spacial score (nSPS) is 11.3. The zero-order valence-corrected chi connectivity index (χ0v) is 11.8. The SMILES string of the molecule is CC(C)(C)NSc1ccc(NC(=O)CCO)cc1. The highest BCUT2D eigenvalue weighted by atomic mass is 32.2. The lowest BCUT2D eigenvalue weighted by atomic mass is 10.1. The predicted octanol–water partition coefficient (Wildman–Crippen LogP) is 2.40. The summed E-state index contributed by atoms with van der Waals surface area (Å²) in [4.78, 5) is 12.4. The van der Waals surface area contributed by atoms with Gasteiger partial charge >= 0.3 is 0 Å². The van der Waals surface area contributed by atoms with Crippen molar-refractivity contribution in [3.05, 3.63) is 24.3 Å². The molecule has 0 unspecified atom stereocenters. The van der Waals surface area contributed by atoms with Gasteiger partial charge in [0.1, 0.15) is 0 Å². The van der Waals surface area contributed by atoms with E-state index < -0.39 is 0 Å². The number of aliphatic hydroxyl groups excluding tert-OH is 1. The van der Waals surface area contributed by atoms with Crippen LogP contribution >= 0.6 is 11.9 Å². The molecule has 0 aromatic heterocycles. The van der Waals surface area contributed by atoms with Crippen LogP contribution in [0.4, 0.5) is 5.69 Å². The summed E-state index contributed by atoms with van der Waals surface area (Å²) >= 11 is 1.56. The zero-order chi connectivity index (χ0) is 13.6. The summed E-state index contributed by atoms with van der Waals surface area (Å²) < 4.78 is 3.31. The van der Waals surface area contributed by atoms with Crippen molar-refractivity contribution < 1.29 is 9.90 Å². The number of carbonyl (C=O) groups is 1. The van der Waals surface area contributed by atoms with Crippen LogP contribution < -0.4 is 10.0 Å². The molecule has 0 spiro atoms. The number of hydrogen-bond donors (Lipinski definition) is 3. The van der Waals surface area contributed by atoms with Crippen LogP contribution in [0.5, 0.6) is 0 Å². The molecule has 0 aliphatic carbocycles. The van der Waals surface area contributed by atoms with E-state index in [4.69, 9.17) is 5.11 Å². The van der Waals surface area contributed by atoms with Gasteiger partial charge in [-0.1, -0.05) is 0 Å². The maximum Gasteiger partial charge on any atom is 0.226 e. The van der Waals surface area contributed by atoms with Crippen LogP contribution in [0.1, 0.15) is 27.2 Å². The van der Waals surface area contributed by atoms with Crippen molar-refractivity contribution >= 4 is 23.5 Å². The molecule has 0 aliphatic heterocycles. The van der Waals surface area contributed by atoms with Crippen LogP contribution in [0.3, 0.4) is 0 Å². The highest BCUT2D eigenvalue weighted by Crippen LogP contribution is 2.20. The van der Waals surface area contributed by atoms with E-state index in [-0.39, 0.29) is 24.5 Å². The number of hydrogen-bond acceptors (Lipinski definition) is 4. The summed E-state index contributed by atoms with van der Waals surface area (Å²) in [5.74, 6) is -0.175. The first-order chi connectivity index (χ1) is 8.40. The molecule has 1 rings (SSSR count). The molecule has 0 radical (unpaired) electrons. The topological polar surface area (TPSA) is 61.4 Å². The van der Waals surface area contributed by atoms with E-state index in [1.165, 1.54) is 0 Å². The molecule has 0 saturated carbocycles. The Labute approximate surface area is 112 Å². The number of nitrogens with one attached hydrogen (secondary N) is 2. The van der Waals surface area contributed by atoms with E-state index in [1.54, 1.807) is 11.9 Å². The molecule has 0 fully saturated rings. The summed E-state index contributed by atoms with van der Waals surface area (Å²) in [6, 6.07) is 7.58. The lowest BCUT2D eigenvalue weighted by Crippen LogP contribution is -2.29. The largest absolute Gasteiger partial charge is 0.396 e. The number of aliphatic hydroxyl groups is 1. The van der Waals surface area contributed by atoms with Gasteiger partial charge in [-0.15, -0.1) is 0 Å². The zero-order valence-electron chi connectivity index (χ0n) is 11.0. The average Bonchev–Trinajstić information content (AvgIpc) is 2.27. The Kier molecular flexibility index (Phi) is 5.65. The first kappa shape index (κ1) is 15.0. The Morgan fingerprint density at radius 2 is 1.89 bits per heavy atom. The van der Waals surface area contributed by atoms with Gasteiger partial charge in [-0.25, -0.2) is 0 Å². The van der Waals surface area contributed by atoms with Gasteiger partial charge in [0.05, 0.1) is 13.0 Å². The standard InChI is InChI=1S/C13H20N2O2S/c1-13(2,3)15-18-11-6-4-10(5-7-11)14-12(17)8-9-16/h4-7,15-16H,8-9H2,1-3H3,(H,14,17). The van der Waals surface area contributed by atoms with Gasteiger partial charge in [-0.05, 0) is 57.0 Å². The molecule has 4 nitrogen and oxygen atoms in total. The Bertz CT molecular complexity index is 385. The molecule has 1 aromatic carbocycles. The molecular formula is C13H20N2O2S. The van der Waals surface area contributed by atoms with Gasteiger partial charge in [0.2, 0.25) is 5.91 Å². The molecule has 0 aliphatic rings. The van der Waals surface area contributed by atoms with E-state index >= 15 is 0 Å². The minimum Gasteiger partial charge on any atom is -0.396 e.